The maximum Gasteiger partial charge on any atom is 0.303 e. The third-order valence-electron chi connectivity index (χ3n) is 6.24. The number of aliphatic imine (C=N–C) groups is 1. The summed E-state index contributed by atoms with van der Waals surface area (Å²) in [7, 11) is 0. The van der Waals surface area contributed by atoms with Crippen LogP contribution in [0.3, 0.4) is 0 Å². The Hall–Kier alpha value is -4.05. The van der Waals surface area contributed by atoms with Crippen LogP contribution in [0.5, 0.6) is 0 Å². The highest BCUT2D eigenvalue weighted by Crippen LogP contribution is 2.34. The molecular weight excluding hydrogens is 507 g/mol. The number of halogens is 1. The molecule has 0 saturated heterocycles. The molecule has 2 aliphatic rings. The molecule has 3 heterocycles. The van der Waals surface area contributed by atoms with Crippen molar-refractivity contribution in [2.75, 3.05) is 4.90 Å². The van der Waals surface area contributed by atoms with Crippen molar-refractivity contribution in [1.82, 2.24) is 10.1 Å². The lowest BCUT2D eigenvalue weighted by Gasteiger charge is -2.36. The van der Waals surface area contributed by atoms with E-state index in [2.05, 4.69) is 10.1 Å². The Bertz CT molecular complexity index is 1400. The van der Waals surface area contributed by atoms with E-state index in [1.807, 2.05) is 42.5 Å². The monoisotopic (exact) mass is 532 g/mol. The van der Waals surface area contributed by atoms with Gasteiger partial charge in [0.2, 0.25) is 5.91 Å². The quantitative estimate of drug-likeness (QED) is 0.270. The van der Waals surface area contributed by atoms with Crippen molar-refractivity contribution in [2.24, 2.45) is 10.9 Å². The van der Waals surface area contributed by atoms with Crippen molar-refractivity contribution >= 4 is 40.7 Å². The van der Waals surface area contributed by atoms with E-state index in [-0.39, 0.29) is 12.3 Å². The second-order valence-corrected chi connectivity index (χ2v) is 9.92. The number of carbonyl (C=O) groups excluding carboxylic acids is 1. The summed E-state index contributed by atoms with van der Waals surface area (Å²) in [5.74, 6) is -0.119. The lowest BCUT2D eigenvalue weighted by molar-refractivity contribution is -0.137. The molecule has 1 aromatic carbocycles. The number of hydrogen-bond donors (Lipinski definition) is 1. The van der Waals surface area contributed by atoms with Crippen molar-refractivity contribution in [2.45, 2.75) is 42.5 Å². The number of unbranched alkanes of at least 4 members (excludes halogenated alkanes) is 1. The number of carboxylic acids is 1. The zero-order chi connectivity index (χ0) is 26.5. The second kappa shape index (κ2) is 11.6. The van der Waals surface area contributed by atoms with Gasteiger partial charge in [0.25, 0.3) is 0 Å². The summed E-state index contributed by atoms with van der Waals surface area (Å²) in [4.78, 5) is 35.2. The van der Waals surface area contributed by atoms with Crippen molar-refractivity contribution in [1.29, 1.82) is 0 Å². The molecule has 194 valence electrons. The van der Waals surface area contributed by atoms with E-state index in [1.54, 1.807) is 30.1 Å². The summed E-state index contributed by atoms with van der Waals surface area (Å²) < 4.78 is 19.1. The van der Waals surface area contributed by atoms with Gasteiger partial charge in [-0.25, -0.2) is 9.37 Å². The number of benzene rings is 1. The van der Waals surface area contributed by atoms with Crippen LogP contribution in [0, 0.1) is 11.7 Å². The number of amidine groups is 1. The zero-order valence-corrected chi connectivity index (χ0v) is 21.2. The Balaban J connectivity index is 1.36. The fourth-order valence-electron chi connectivity index (χ4n) is 4.38. The summed E-state index contributed by atoms with van der Waals surface area (Å²) in [6, 6.07) is 12.9. The summed E-state index contributed by atoms with van der Waals surface area (Å²) in [6.07, 6.45) is 8.81. The maximum absolute atomic E-state index is 13.6. The van der Waals surface area contributed by atoms with E-state index >= 15 is 0 Å². The van der Waals surface area contributed by atoms with Crippen LogP contribution in [-0.4, -0.2) is 39.0 Å². The Kier molecular flexibility index (Phi) is 7.78. The summed E-state index contributed by atoms with van der Waals surface area (Å²) in [5, 5.41) is 14.1. The summed E-state index contributed by atoms with van der Waals surface area (Å²) in [6.45, 7) is 0. The van der Waals surface area contributed by atoms with Gasteiger partial charge in [-0.15, -0.1) is 0 Å². The Morgan fingerprint density at radius 2 is 2.00 bits per heavy atom. The van der Waals surface area contributed by atoms with Crippen LogP contribution < -0.4 is 4.90 Å². The van der Waals surface area contributed by atoms with Crippen LogP contribution in [0.25, 0.3) is 5.57 Å². The van der Waals surface area contributed by atoms with Crippen LogP contribution in [0.4, 0.5) is 10.1 Å². The fourth-order valence-corrected chi connectivity index (χ4v) is 5.12. The molecule has 0 spiro atoms. The normalized spacial score (nSPS) is 18.7. The number of nitrogens with zero attached hydrogens (tertiary/aromatic N) is 4. The number of thioether (sulfide) groups is 1. The predicted molar refractivity (Wildman–Crippen MR) is 142 cm³/mol. The molecule has 0 radical (unpaired) electrons. The molecule has 2 unspecified atom stereocenters. The first-order valence-corrected chi connectivity index (χ1v) is 13.2. The molecule has 3 aromatic rings. The lowest BCUT2D eigenvalue weighted by Crippen LogP contribution is -2.48. The predicted octanol–water partition coefficient (Wildman–Crippen LogP) is 5.53. The van der Waals surface area contributed by atoms with Gasteiger partial charge in [0.05, 0.1) is 28.4 Å². The molecule has 1 amide bonds. The molecule has 38 heavy (non-hydrogen) atoms. The number of aromatic nitrogens is 2. The van der Waals surface area contributed by atoms with E-state index < -0.39 is 23.7 Å². The molecule has 2 atom stereocenters. The van der Waals surface area contributed by atoms with Gasteiger partial charge in [0.15, 0.2) is 0 Å². The Labute approximate surface area is 223 Å². The number of hydrogen-bond acceptors (Lipinski definition) is 7. The summed E-state index contributed by atoms with van der Waals surface area (Å²) in [5.41, 5.74) is 1.99. The molecule has 1 aliphatic heterocycles. The average molecular weight is 533 g/mol. The molecule has 8 nitrogen and oxygen atoms in total. The van der Waals surface area contributed by atoms with E-state index in [0.717, 1.165) is 10.6 Å². The maximum atomic E-state index is 13.6. The number of allylic oxidation sites excluding steroid dienone is 2. The number of fused-ring (bicyclic) bond motifs is 1. The van der Waals surface area contributed by atoms with E-state index in [1.165, 1.54) is 17.0 Å². The standard InChI is InChI=1S/C28H25FN4O4S/c29-19-9-11-20(12-10-19)33-25(5-1-2-7-27(34)35)31-24-15-18(8-13-22(24)28(33)36)23-16-21(37-32-23)17-38-26-6-3-4-14-30-26/h3-4,6,8-16,22,24H,1-2,5,7,17H2,(H,34,35). The fraction of sp³-hybridized carbons (Fsp3) is 0.250. The largest absolute Gasteiger partial charge is 0.481 e. The van der Waals surface area contributed by atoms with E-state index in [4.69, 9.17) is 14.6 Å². The second-order valence-electron chi connectivity index (χ2n) is 8.93. The molecule has 1 aliphatic carbocycles. The van der Waals surface area contributed by atoms with Crippen LogP contribution in [0.1, 0.15) is 37.1 Å². The first kappa shape index (κ1) is 25.6. The van der Waals surface area contributed by atoms with Crippen LogP contribution >= 0.6 is 11.8 Å². The minimum absolute atomic E-state index is 0.0454. The van der Waals surface area contributed by atoms with Crippen LogP contribution in [-0.2, 0) is 15.3 Å². The molecule has 0 fully saturated rings. The summed E-state index contributed by atoms with van der Waals surface area (Å²) >= 11 is 1.55. The van der Waals surface area contributed by atoms with Gasteiger partial charge in [0.1, 0.15) is 23.1 Å². The molecular formula is C28H25FN4O4S. The first-order valence-electron chi connectivity index (χ1n) is 12.3. The van der Waals surface area contributed by atoms with Crippen molar-refractivity contribution in [3.63, 3.8) is 0 Å². The topological polar surface area (TPSA) is 109 Å². The van der Waals surface area contributed by atoms with Gasteiger partial charge in [-0.3, -0.25) is 19.5 Å². The number of anilines is 1. The number of pyridine rings is 1. The van der Waals surface area contributed by atoms with Crippen LogP contribution in [0.15, 0.2) is 87.5 Å². The SMILES string of the molecule is O=C(O)CCCCC1=NC2C=C(c3cc(CSc4ccccn4)on3)C=CC2C(=O)N1c1ccc(F)cc1. The van der Waals surface area contributed by atoms with E-state index in [9.17, 15) is 14.0 Å². The van der Waals surface area contributed by atoms with Crippen molar-refractivity contribution in [3.05, 3.63) is 90.2 Å². The van der Waals surface area contributed by atoms with Gasteiger partial charge in [-0.1, -0.05) is 35.1 Å². The molecule has 10 heteroatoms. The van der Waals surface area contributed by atoms with Gasteiger partial charge >= 0.3 is 5.97 Å². The number of aliphatic carboxylic acids is 1. The van der Waals surface area contributed by atoms with Gasteiger partial charge in [0, 0.05) is 30.7 Å². The molecule has 0 bridgehead atoms. The van der Waals surface area contributed by atoms with Crippen molar-refractivity contribution in [3.8, 4) is 0 Å². The number of carboxylic acid groups (broad SMARTS) is 1. The third-order valence-corrected chi connectivity index (χ3v) is 7.21. The highest BCUT2D eigenvalue weighted by Gasteiger charge is 2.38. The van der Waals surface area contributed by atoms with E-state index in [0.29, 0.717) is 48.0 Å². The minimum Gasteiger partial charge on any atom is -0.481 e. The highest BCUT2D eigenvalue weighted by molar-refractivity contribution is 7.98. The van der Waals surface area contributed by atoms with Gasteiger partial charge < -0.3 is 9.63 Å². The molecule has 1 N–H and O–H groups in total. The third kappa shape index (κ3) is 5.91. The average Bonchev–Trinajstić information content (AvgIpc) is 3.40. The Morgan fingerprint density at radius 1 is 1.16 bits per heavy atom. The number of amides is 1. The minimum atomic E-state index is -0.863. The highest BCUT2D eigenvalue weighted by atomic mass is 32.2. The zero-order valence-electron chi connectivity index (χ0n) is 20.4. The molecule has 2 aromatic heterocycles. The van der Waals surface area contributed by atoms with Crippen LogP contribution in [0.2, 0.25) is 0 Å². The van der Waals surface area contributed by atoms with Gasteiger partial charge in [-0.05, 0) is 55.3 Å². The van der Waals surface area contributed by atoms with Gasteiger partial charge in [-0.2, -0.15) is 0 Å². The molecule has 5 rings (SSSR count). The number of rotatable bonds is 10. The lowest BCUT2D eigenvalue weighted by atomic mass is 9.87. The van der Waals surface area contributed by atoms with Crippen molar-refractivity contribution < 1.29 is 23.6 Å². The number of carbonyl (C=O) groups is 2. The Morgan fingerprint density at radius 3 is 2.76 bits per heavy atom. The molecule has 0 saturated carbocycles. The first-order chi connectivity index (χ1) is 18.5. The smallest absolute Gasteiger partial charge is 0.303 e.